The predicted octanol–water partition coefficient (Wildman–Crippen LogP) is 2.60. The van der Waals surface area contributed by atoms with E-state index in [-0.39, 0.29) is 18.1 Å². The number of alkyl halides is 3. The summed E-state index contributed by atoms with van der Waals surface area (Å²) in [5.41, 5.74) is 0. The predicted molar refractivity (Wildman–Crippen MR) is 73.5 cm³/mol. The summed E-state index contributed by atoms with van der Waals surface area (Å²) in [6, 6.07) is 3.14. The van der Waals surface area contributed by atoms with Gasteiger partial charge in [0.15, 0.2) is 0 Å². The molecule has 0 saturated carbocycles. The van der Waals surface area contributed by atoms with Crippen LogP contribution in [0.5, 0.6) is 0 Å². The van der Waals surface area contributed by atoms with Gasteiger partial charge < -0.3 is 4.52 Å². The summed E-state index contributed by atoms with van der Waals surface area (Å²) in [6.45, 7) is 1.66. The molecule has 0 fully saturated rings. The van der Waals surface area contributed by atoms with Crippen LogP contribution in [0.3, 0.4) is 0 Å². The minimum absolute atomic E-state index is 0.0263. The molecule has 2 aromatic rings. The van der Waals surface area contributed by atoms with Crippen molar-refractivity contribution in [2.24, 2.45) is 0 Å². The molecule has 0 unspecified atom stereocenters. The van der Waals surface area contributed by atoms with E-state index >= 15 is 0 Å². The minimum Gasteiger partial charge on any atom is -0.329 e. The molecule has 0 radical (unpaired) electrons. The van der Waals surface area contributed by atoms with Gasteiger partial charge in [0.05, 0.1) is 10.6 Å². The van der Waals surface area contributed by atoms with Gasteiger partial charge in [-0.2, -0.15) is 22.5 Å². The standard InChI is InChI=1S/C11H12F3N3O3S2/c1-3-22(18,19)17(2)6-7-4-5-8(21-7)9-15-10(20-16-9)11(12,13)14/h4-5H,3,6H2,1-2H3. The van der Waals surface area contributed by atoms with Crippen molar-refractivity contribution in [3.05, 3.63) is 22.9 Å². The maximum atomic E-state index is 12.4. The number of thiophene rings is 1. The minimum atomic E-state index is -4.69. The fraction of sp³-hybridized carbons (Fsp3) is 0.455. The van der Waals surface area contributed by atoms with Crippen molar-refractivity contribution in [1.29, 1.82) is 0 Å². The zero-order valence-electron chi connectivity index (χ0n) is 11.6. The van der Waals surface area contributed by atoms with Crippen molar-refractivity contribution in [2.75, 3.05) is 12.8 Å². The number of aromatic nitrogens is 2. The highest BCUT2D eigenvalue weighted by Crippen LogP contribution is 2.32. The Morgan fingerprint density at radius 3 is 2.59 bits per heavy atom. The van der Waals surface area contributed by atoms with Gasteiger partial charge in [-0.25, -0.2) is 8.42 Å². The smallest absolute Gasteiger partial charge is 0.329 e. The zero-order valence-corrected chi connectivity index (χ0v) is 13.2. The second-order valence-electron chi connectivity index (χ2n) is 4.34. The van der Waals surface area contributed by atoms with Crippen LogP contribution in [0.15, 0.2) is 16.7 Å². The summed E-state index contributed by atoms with van der Waals surface area (Å²) in [5, 5.41) is 3.28. The second-order valence-corrected chi connectivity index (χ2v) is 7.88. The van der Waals surface area contributed by atoms with E-state index in [0.29, 0.717) is 9.75 Å². The van der Waals surface area contributed by atoms with Gasteiger partial charge in [-0.3, -0.25) is 0 Å². The second kappa shape index (κ2) is 5.97. The topological polar surface area (TPSA) is 76.3 Å². The normalized spacial score (nSPS) is 13.0. The van der Waals surface area contributed by atoms with Crippen LogP contribution >= 0.6 is 11.3 Å². The number of sulfonamides is 1. The largest absolute Gasteiger partial charge is 0.471 e. The van der Waals surface area contributed by atoms with Gasteiger partial charge in [-0.15, -0.1) is 11.3 Å². The first-order chi connectivity index (χ1) is 10.1. The highest BCUT2D eigenvalue weighted by molar-refractivity contribution is 7.89. The van der Waals surface area contributed by atoms with Gasteiger partial charge in [0.25, 0.3) is 0 Å². The number of nitrogens with zero attached hydrogens (tertiary/aromatic N) is 3. The Balaban J connectivity index is 2.17. The van der Waals surface area contributed by atoms with E-state index in [1.165, 1.54) is 24.3 Å². The molecular formula is C11H12F3N3O3S2. The molecule has 2 heterocycles. The molecule has 2 aromatic heterocycles. The van der Waals surface area contributed by atoms with Crippen LogP contribution in [0.1, 0.15) is 17.7 Å². The van der Waals surface area contributed by atoms with Crippen LogP contribution in [0.25, 0.3) is 10.7 Å². The fourth-order valence-corrected chi connectivity index (χ4v) is 3.41. The number of rotatable bonds is 5. The molecule has 0 bridgehead atoms. The van der Waals surface area contributed by atoms with Crippen molar-refractivity contribution in [1.82, 2.24) is 14.4 Å². The van der Waals surface area contributed by atoms with Gasteiger partial charge in [-0.05, 0) is 19.1 Å². The van der Waals surface area contributed by atoms with E-state index in [9.17, 15) is 21.6 Å². The van der Waals surface area contributed by atoms with Gasteiger partial charge in [0.1, 0.15) is 0 Å². The number of hydrogen-bond acceptors (Lipinski definition) is 6. The Kier molecular flexibility index (Phi) is 4.59. The lowest BCUT2D eigenvalue weighted by atomic mass is 10.4. The molecular weight excluding hydrogens is 343 g/mol. The van der Waals surface area contributed by atoms with Gasteiger partial charge in [0, 0.05) is 18.5 Å². The molecule has 0 aliphatic carbocycles. The van der Waals surface area contributed by atoms with E-state index < -0.39 is 22.1 Å². The lowest BCUT2D eigenvalue weighted by Gasteiger charge is -2.14. The lowest BCUT2D eigenvalue weighted by Crippen LogP contribution is -2.27. The summed E-state index contributed by atoms with van der Waals surface area (Å²) >= 11 is 1.11. The SMILES string of the molecule is CCS(=O)(=O)N(C)Cc1ccc(-c2noc(C(F)(F)F)n2)s1. The van der Waals surface area contributed by atoms with Gasteiger partial charge in [0.2, 0.25) is 15.8 Å². The third-order valence-corrected chi connectivity index (χ3v) is 5.64. The van der Waals surface area contributed by atoms with Crippen LogP contribution in [-0.4, -0.2) is 35.7 Å². The average molecular weight is 355 g/mol. The average Bonchev–Trinajstić information content (AvgIpc) is 3.05. The third-order valence-electron chi connectivity index (χ3n) is 2.77. The van der Waals surface area contributed by atoms with Crippen molar-refractivity contribution >= 4 is 21.4 Å². The Morgan fingerprint density at radius 2 is 2.05 bits per heavy atom. The molecule has 0 aliphatic rings. The first-order valence-electron chi connectivity index (χ1n) is 6.07. The van der Waals surface area contributed by atoms with Crippen LogP contribution in [0.4, 0.5) is 13.2 Å². The van der Waals surface area contributed by atoms with Crippen LogP contribution in [-0.2, 0) is 22.7 Å². The molecule has 0 aliphatic heterocycles. The highest BCUT2D eigenvalue weighted by atomic mass is 32.2. The van der Waals surface area contributed by atoms with Crippen molar-refractivity contribution < 1.29 is 26.1 Å². The zero-order chi connectivity index (χ0) is 16.5. The maximum Gasteiger partial charge on any atom is 0.471 e. The van der Waals surface area contributed by atoms with Crippen LogP contribution in [0, 0.1) is 0 Å². The fourth-order valence-electron chi connectivity index (χ4n) is 1.56. The molecule has 0 aromatic carbocycles. The summed E-state index contributed by atoms with van der Waals surface area (Å²) in [4.78, 5) is 4.32. The van der Waals surface area contributed by atoms with Gasteiger partial charge >= 0.3 is 12.1 Å². The molecule has 122 valence electrons. The van der Waals surface area contributed by atoms with E-state index in [0.717, 1.165) is 11.3 Å². The Morgan fingerprint density at radius 1 is 1.36 bits per heavy atom. The Labute approximate surface area is 128 Å². The summed E-state index contributed by atoms with van der Waals surface area (Å²) in [7, 11) is -1.89. The van der Waals surface area contributed by atoms with E-state index in [4.69, 9.17) is 0 Å². The highest BCUT2D eigenvalue weighted by Gasteiger charge is 2.38. The van der Waals surface area contributed by atoms with Crippen molar-refractivity contribution in [3.8, 4) is 10.7 Å². The van der Waals surface area contributed by atoms with Crippen LogP contribution in [0.2, 0.25) is 0 Å². The van der Waals surface area contributed by atoms with Crippen molar-refractivity contribution in [3.63, 3.8) is 0 Å². The summed E-state index contributed by atoms with van der Waals surface area (Å²) in [5.74, 6) is -1.62. The molecule has 0 N–H and O–H groups in total. The van der Waals surface area contributed by atoms with E-state index in [2.05, 4.69) is 14.7 Å². The van der Waals surface area contributed by atoms with Crippen LogP contribution < -0.4 is 0 Å². The van der Waals surface area contributed by atoms with E-state index in [1.54, 1.807) is 6.07 Å². The molecule has 0 atom stereocenters. The first-order valence-corrected chi connectivity index (χ1v) is 8.50. The summed E-state index contributed by atoms with van der Waals surface area (Å²) in [6.07, 6.45) is -4.69. The van der Waals surface area contributed by atoms with Crippen molar-refractivity contribution in [2.45, 2.75) is 19.6 Å². The lowest BCUT2D eigenvalue weighted by molar-refractivity contribution is -0.159. The van der Waals surface area contributed by atoms with E-state index in [1.807, 2.05) is 0 Å². The summed E-state index contributed by atoms with van der Waals surface area (Å²) < 4.78 is 65.9. The number of halogens is 3. The molecule has 11 heteroatoms. The molecule has 22 heavy (non-hydrogen) atoms. The monoisotopic (exact) mass is 355 g/mol. The molecule has 6 nitrogen and oxygen atoms in total. The van der Waals surface area contributed by atoms with Gasteiger partial charge in [-0.1, -0.05) is 5.16 Å². The molecule has 0 saturated heterocycles. The Hall–Kier alpha value is -1.46. The first kappa shape index (κ1) is 16.9. The maximum absolute atomic E-state index is 12.4. The molecule has 0 spiro atoms. The molecule has 2 rings (SSSR count). The number of hydrogen-bond donors (Lipinski definition) is 0. The molecule has 0 amide bonds. The quantitative estimate of drug-likeness (QED) is 0.824. The Bertz CT molecular complexity index is 752. The third kappa shape index (κ3) is 3.65.